The van der Waals surface area contributed by atoms with Gasteiger partial charge in [0.2, 0.25) is 0 Å². The number of aryl methyl sites for hydroxylation is 2. The van der Waals surface area contributed by atoms with Crippen molar-refractivity contribution in [3.8, 4) is 11.5 Å². The van der Waals surface area contributed by atoms with Gasteiger partial charge in [-0.1, -0.05) is 12.1 Å². The Bertz CT molecular complexity index is 974. The molecule has 0 spiro atoms. The van der Waals surface area contributed by atoms with Crippen LogP contribution in [0, 0.1) is 13.8 Å². The van der Waals surface area contributed by atoms with Gasteiger partial charge < -0.3 is 14.6 Å². The number of hydrogen-bond acceptors (Lipinski definition) is 5. The highest BCUT2D eigenvalue weighted by Gasteiger charge is 2.53. The smallest absolute Gasteiger partial charge is 0.316 e. The molecule has 2 aromatic rings. The van der Waals surface area contributed by atoms with Gasteiger partial charge in [-0.25, -0.2) is 9.48 Å². The molecular weight excluding hydrogens is 372 g/mol. The lowest BCUT2D eigenvalue weighted by Crippen LogP contribution is -2.41. The molecule has 1 atom stereocenters. The van der Waals surface area contributed by atoms with Crippen molar-refractivity contribution in [1.29, 1.82) is 0 Å². The van der Waals surface area contributed by atoms with Gasteiger partial charge in [0.25, 0.3) is 5.72 Å². The zero-order valence-electron chi connectivity index (χ0n) is 16.3. The average Bonchev–Trinajstić information content (AvgIpc) is 3.03. The van der Waals surface area contributed by atoms with E-state index < -0.39 is 5.72 Å². The molecule has 0 saturated heterocycles. The molecule has 5 nitrogen and oxygen atoms in total. The fourth-order valence-corrected chi connectivity index (χ4v) is 5.41. The Morgan fingerprint density at radius 1 is 1.07 bits per heavy atom. The summed E-state index contributed by atoms with van der Waals surface area (Å²) in [6, 6.07) is 12.3. The standard InChI is InChI=1S/C22H25N2O3S/c1-15-4-5-16(2)18(12-15)23-14-22(25,24-8-3-11-28-21(23)24)17-6-7-19-20(13-17)27-10-9-26-19/h4-7,12-13,25H,3,8-11,14H2,1-2H3/q+1/t22-/m0/s1. The van der Waals surface area contributed by atoms with Crippen LogP contribution in [0.5, 0.6) is 11.5 Å². The van der Waals surface area contributed by atoms with Gasteiger partial charge in [-0.05, 0) is 67.4 Å². The van der Waals surface area contributed by atoms with Gasteiger partial charge in [0.05, 0.1) is 6.54 Å². The monoisotopic (exact) mass is 397 g/mol. The summed E-state index contributed by atoms with van der Waals surface area (Å²) in [6.45, 7) is 6.70. The average molecular weight is 398 g/mol. The van der Waals surface area contributed by atoms with E-state index in [1.165, 1.54) is 16.8 Å². The number of benzene rings is 2. The van der Waals surface area contributed by atoms with E-state index in [2.05, 4.69) is 41.5 Å². The van der Waals surface area contributed by atoms with Crippen molar-refractivity contribution in [2.75, 3.05) is 37.0 Å². The van der Waals surface area contributed by atoms with E-state index in [1.807, 2.05) is 30.0 Å². The van der Waals surface area contributed by atoms with E-state index >= 15 is 0 Å². The molecule has 0 amide bonds. The predicted molar refractivity (Wildman–Crippen MR) is 112 cm³/mol. The maximum Gasteiger partial charge on any atom is 0.316 e. The predicted octanol–water partition coefficient (Wildman–Crippen LogP) is 3.25. The number of hydrogen-bond donors (Lipinski definition) is 1. The SMILES string of the molecule is Cc1ccc(C)c(N2C[C@](O)(c3ccc4c(c3)OCCO4)[N+]3=C2SCCC3)c1. The summed E-state index contributed by atoms with van der Waals surface area (Å²) < 4.78 is 13.6. The fourth-order valence-electron chi connectivity index (χ4n) is 4.24. The van der Waals surface area contributed by atoms with Crippen LogP contribution in [0.2, 0.25) is 0 Å². The molecule has 1 N–H and O–H groups in total. The van der Waals surface area contributed by atoms with Crippen LogP contribution in [0.25, 0.3) is 0 Å². The van der Waals surface area contributed by atoms with Crippen LogP contribution in [-0.4, -0.2) is 46.9 Å². The molecule has 3 aliphatic heterocycles. The molecule has 2 aromatic carbocycles. The summed E-state index contributed by atoms with van der Waals surface area (Å²) in [4.78, 5) is 2.28. The Morgan fingerprint density at radius 3 is 2.75 bits per heavy atom. The Labute approximate surface area is 169 Å². The number of rotatable bonds is 2. The highest BCUT2D eigenvalue weighted by Crippen LogP contribution is 2.41. The van der Waals surface area contributed by atoms with Gasteiger partial charge >= 0.3 is 5.17 Å². The normalized spacial score (nSPS) is 23.8. The highest BCUT2D eigenvalue weighted by molar-refractivity contribution is 8.13. The minimum atomic E-state index is -1.09. The van der Waals surface area contributed by atoms with E-state index in [0.29, 0.717) is 25.5 Å². The summed E-state index contributed by atoms with van der Waals surface area (Å²) in [5, 5.41) is 13.0. The third-order valence-electron chi connectivity index (χ3n) is 5.70. The van der Waals surface area contributed by atoms with Crippen molar-refractivity contribution < 1.29 is 19.2 Å². The number of β-amino-alcohol motifs (C(OH)–C–C–N with tert-alkyl or cyclic N) is 1. The van der Waals surface area contributed by atoms with Gasteiger partial charge in [0.15, 0.2) is 18.0 Å². The lowest BCUT2D eigenvalue weighted by Gasteiger charge is -2.26. The molecular formula is C22H25N2O3S+. The number of nitrogens with zero attached hydrogens (tertiary/aromatic N) is 2. The first kappa shape index (κ1) is 17.9. The molecule has 0 aliphatic carbocycles. The number of thioether (sulfide) groups is 1. The van der Waals surface area contributed by atoms with Gasteiger partial charge in [-0.3, -0.25) is 0 Å². The van der Waals surface area contributed by atoms with Gasteiger partial charge in [-0.2, -0.15) is 0 Å². The maximum atomic E-state index is 11.9. The Hall–Kier alpha value is -2.18. The molecule has 0 fully saturated rings. The van der Waals surface area contributed by atoms with Crippen LogP contribution in [0.15, 0.2) is 36.4 Å². The Balaban J connectivity index is 1.60. The van der Waals surface area contributed by atoms with Crippen LogP contribution >= 0.6 is 11.8 Å². The number of ether oxygens (including phenoxy) is 2. The zero-order valence-corrected chi connectivity index (χ0v) is 17.1. The first-order chi connectivity index (χ1) is 13.6. The maximum absolute atomic E-state index is 11.9. The summed E-state index contributed by atoms with van der Waals surface area (Å²) in [6.07, 6.45) is 1.06. The van der Waals surface area contributed by atoms with Crippen LogP contribution in [0.1, 0.15) is 23.1 Å². The van der Waals surface area contributed by atoms with Crippen LogP contribution < -0.4 is 14.4 Å². The summed E-state index contributed by atoms with van der Waals surface area (Å²) in [5.41, 5.74) is 3.38. The minimum absolute atomic E-state index is 0.499. The molecule has 3 aliphatic rings. The van der Waals surface area contributed by atoms with E-state index in [0.717, 1.165) is 35.2 Å². The molecule has 0 saturated carbocycles. The molecule has 0 aromatic heterocycles. The molecule has 0 radical (unpaired) electrons. The van der Waals surface area contributed by atoms with Gasteiger partial charge in [0, 0.05) is 11.3 Å². The molecule has 3 heterocycles. The van der Waals surface area contributed by atoms with Crippen molar-refractivity contribution in [3.05, 3.63) is 53.1 Å². The van der Waals surface area contributed by atoms with Crippen LogP contribution in [0.4, 0.5) is 5.69 Å². The second kappa shape index (κ2) is 6.71. The number of amidine groups is 1. The van der Waals surface area contributed by atoms with Crippen molar-refractivity contribution in [2.24, 2.45) is 0 Å². The molecule has 0 bridgehead atoms. The van der Waals surface area contributed by atoms with Crippen molar-refractivity contribution in [1.82, 2.24) is 0 Å². The number of anilines is 1. The van der Waals surface area contributed by atoms with E-state index in [9.17, 15) is 5.11 Å². The minimum Gasteiger partial charge on any atom is -0.486 e. The van der Waals surface area contributed by atoms with Crippen molar-refractivity contribution in [2.45, 2.75) is 26.0 Å². The van der Waals surface area contributed by atoms with E-state index in [1.54, 1.807) is 0 Å². The van der Waals surface area contributed by atoms with Crippen molar-refractivity contribution >= 4 is 22.6 Å². The second-order valence-electron chi connectivity index (χ2n) is 7.69. The van der Waals surface area contributed by atoms with E-state index in [-0.39, 0.29) is 0 Å². The van der Waals surface area contributed by atoms with E-state index in [4.69, 9.17) is 9.47 Å². The molecule has 146 valence electrons. The van der Waals surface area contributed by atoms with Crippen LogP contribution in [0.3, 0.4) is 0 Å². The van der Waals surface area contributed by atoms with Crippen LogP contribution in [-0.2, 0) is 5.72 Å². The molecule has 28 heavy (non-hydrogen) atoms. The summed E-state index contributed by atoms with van der Waals surface area (Å²) >= 11 is 1.83. The largest absolute Gasteiger partial charge is 0.486 e. The van der Waals surface area contributed by atoms with Crippen molar-refractivity contribution in [3.63, 3.8) is 0 Å². The topological polar surface area (TPSA) is 44.9 Å². The highest BCUT2D eigenvalue weighted by atomic mass is 32.2. The second-order valence-corrected chi connectivity index (χ2v) is 8.75. The first-order valence-corrected chi connectivity index (χ1v) is 10.8. The third kappa shape index (κ3) is 2.78. The number of fused-ring (bicyclic) bond motifs is 1. The lowest BCUT2D eigenvalue weighted by atomic mass is 10.0. The van der Waals surface area contributed by atoms with Gasteiger partial charge in [0.1, 0.15) is 18.9 Å². The summed E-state index contributed by atoms with van der Waals surface area (Å²) in [5.74, 6) is 2.54. The molecule has 0 unspecified atom stereocenters. The first-order valence-electron chi connectivity index (χ1n) is 9.81. The van der Waals surface area contributed by atoms with Gasteiger partial charge in [-0.15, -0.1) is 0 Å². The summed E-state index contributed by atoms with van der Waals surface area (Å²) in [7, 11) is 0. The Kier molecular flexibility index (Phi) is 4.29. The molecule has 5 rings (SSSR count). The third-order valence-corrected chi connectivity index (χ3v) is 6.90. The fraction of sp³-hybridized carbons (Fsp3) is 0.409. The zero-order chi connectivity index (χ0) is 19.3. The molecule has 6 heteroatoms. The lowest BCUT2D eigenvalue weighted by molar-refractivity contribution is -0.656. The Morgan fingerprint density at radius 2 is 1.89 bits per heavy atom. The quantitative estimate of drug-likeness (QED) is 0.789. The number of aliphatic hydroxyl groups is 1.